The number of thiazole rings is 1. The number of nitrogens with two attached hydrogens (primary N) is 1. The predicted molar refractivity (Wildman–Crippen MR) is 58.5 cm³/mol. The Balaban J connectivity index is 2.06. The van der Waals surface area contributed by atoms with Crippen molar-refractivity contribution in [2.24, 2.45) is 0 Å². The number of aromatic nitrogens is 3. The van der Waals surface area contributed by atoms with Crippen molar-refractivity contribution in [3.05, 3.63) is 16.6 Å². The molecule has 2 aromatic heterocycles. The second kappa shape index (κ2) is 3.89. The molecule has 2 aromatic rings. The number of nitrogen functional groups attached to an aromatic ring is 1. The number of hydrogen-bond donors (Lipinski definition) is 1. The van der Waals surface area contributed by atoms with Crippen LogP contribution in [0.25, 0.3) is 0 Å². The van der Waals surface area contributed by atoms with Crippen molar-refractivity contribution in [3.63, 3.8) is 0 Å². The van der Waals surface area contributed by atoms with E-state index in [1.807, 2.05) is 22.8 Å². The molecule has 2 N–H and O–H groups in total. The highest BCUT2D eigenvalue weighted by Gasteiger charge is 2.07. The zero-order valence-corrected chi connectivity index (χ0v) is 9.18. The van der Waals surface area contributed by atoms with E-state index in [0.29, 0.717) is 5.95 Å². The Hall–Kier alpha value is -1.21. The first kappa shape index (κ1) is 9.35. The minimum absolute atomic E-state index is 0.329. The Labute approximate surface area is 89.4 Å². The van der Waals surface area contributed by atoms with Gasteiger partial charge in [-0.15, -0.1) is 11.3 Å². The highest BCUT2D eigenvalue weighted by atomic mass is 32.1. The summed E-state index contributed by atoms with van der Waals surface area (Å²) in [6.45, 7) is 0.734. The van der Waals surface area contributed by atoms with E-state index in [1.165, 1.54) is 11.5 Å². The standard InChI is InChI=1S/C7H9N5S2/c1-12(2-5-3-13-4-9-5)7-10-6(8)11-14-7/h3-4H,2H2,1H3,(H2,8,11). The molecule has 74 valence electrons. The van der Waals surface area contributed by atoms with Crippen LogP contribution in [0.15, 0.2) is 10.9 Å². The molecule has 0 unspecified atom stereocenters. The molecule has 0 saturated heterocycles. The molecule has 0 radical (unpaired) electrons. The maximum atomic E-state index is 5.44. The van der Waals surface area contributed by atoms with Crippen molar-refractivity contribution in [1.29, 1.82) is 0 Å². The van der Waals surface area contributed by atoms with Crippen molar-refractivity contribution >= 4 is 33.9 Å². The summed E-state index contributed by atoms with van der Waals surface area (Å²) in [5.41, 5.74) is 8.29. The lowest BCUT2D eigenvalue weighted by Gasteiger charge is -2.12. The monoisotopic (exact) mass is 227 g/mol. The summed E-state index contributed by atoms with van der Waals surface area (Å²) in [6, 6.07) is 0. The van der Waals surface area contributed by atoms with Gasteiger partial charge in [0.05, 0.1) is 17.7 Å². The number of nitrogens with zero attached hydrogens (tertiary/aromatic N) is 4. The Bertz CT molecular complexity index is 396. The van der Waals surface area contributed by atoms with Crippen LogP contribution in [0, 0.1) is 0 Å². The van der Waals surface area contributed by atoms with E-state index < -0.39 is 0 Å². The number of hydrogen-bond acceptors (Lipinski definition) is 7. The summed E-state index contributed by atoms with van der Waals surface area (Å²) in [5.74, 6) is 0.329. The van der Waals surface area contributed by atoms with Crippen LogP contribution in [0.2, 0.25) is 0 Å². The van der Waals surface area contributed by atoms with Gasteiger partial charge in [0.25, 0.3) is 0 Å². The maximum Gasteiger partial charge on any atom is 0.233 e. The number of rotatable bonds is 3. The van der Waals surface area contributed by atoms with E-state index >= 15 is 0 Å². The molecule has 5 nitrogen and oxygen atoms in total. The summed E-state index contributed by atoms with van der Waals surface area (Å²) in [5, 5.41) is 2.83. The molecule has 2 heterocycles. The van der Waals surface area contributed by atoms with Gasteiger partial charge in [0.1, 0.15) is 0 Å². The van der Waals surface area contributed by atoms with Gasteiger partial charge in [-0.25, -0.2) is 4.98 Å². The van der Waals surface area contributed by atoms with Gasteiger partial charge in [0.15, 0.2) is 0 Å². The lowest BCUT2D eigenvalue weighted by Crippen LogP contribution is -2.16. The second-order valence-corrected chi connectivity index (χ2v) is 4.22. The predicted octanol–water partition coefficient (Wildman–Crippen LogP) is 1.21. The zero-order chi connectivity index (χ0) is 9.97. The van der Waals surface area contributed by atoms with Crippen molar-refractivity contribution in [1.82, 2.24) is 14.3 Å². The van der Waals surface area contributed by atoms with Crippen LogP contribution in [0.4, 0.5) is 11.1 Å². The molecule has 0 aliphatic rings. The molecule has 0 amide bonds. The molecule has 0 spiro atoms. The smallest absolute Gasteiger partial charge is 0.233 e. The average molecular weight is 227 g/mol. The van der Waals surface area contributed by atoms with E-state index in [2.05, 4.69) is 14.3 Å². The van der Waals surface area contributed by atoms with E-state index in [-0.39, 0.29) is 0 Å². The molecule has 0 aromatic carbocycles. The van der Waals surface area contributed by atoms with Gasteiger partial charge in [0.2, 0.25) is 11.1 Å². The summed E-state index contributed by atoms with van der Waals surface area (Å²) in [6.07, 6.45) is 0. The van der Waals surface area contributed by atoms with Crippen LogP contribution >= 0.6 is 22.9 Å². The van der Waals surface area contributed by atoms with Gasteiger partial charge in [-0.2, -0.15) is 9.36 Å². The molecule has 0 fully saturated rings. The van der Waals surface area contributed by atoms with Crippen molar-refractivity contribution in [3.8, 4) is 0 Å². The molecule has 0 aliphatic carbocycles. The van der Waals surface area contributed by atoms with Crippen LogP contribution in [-0.2, 0) is 6.54 Å². The van der Waals surface area contributed by atoms with Crippen LogP contribution in [0.5, 0.6) is 0 Å². The fourth-order valence-corrected chi connectivity index (χ4v) is 2.11. The second-order valence-electron chi connectivity index (χ2n) is 2.77. The Morgan fingerprint density at radius 3 is 3.00 bits per heavy atom. The number of anilines is 2. The molecule has 2 rings (SSSR count). The normalized spacial score (nSPS) is 10.4. The van der Waals surface area contributed by atoms with Crippen LogP contribution in [-0.4, -0.2) is 21.4 Å². The quantitative estimate of drug-likeness (QED) is 0.853. The fraction of sp³-hybridized carbons (Fsp3) is 0.286. The Morgan fingerprint density at radius 2 is 2.43 bits per heavy atom. The van der Waals surface area contributed by atoms with Crippen molar-refractivity contribution < 1.29 is 0 Å². The topological polar surface area (TPSA) is 67.9 Å². The summed E-state index contributed by atoms with van der Waals surface area (Å²) >= 11 is 2.88. The van der Waals surface area contributed by atoms with Crippen LogP contribution in [0.1, 0.15) is 5.69 Å². The van der Waals surface area contributed by atoms with E-state index in [0.717, 1.165) is 17.4 Å². The van der Waals surface area contributed by atoms with Crippen molar-refractivity contribution in [2.75, 3.05) is 17.7 Å². The lowest BCUT2D eigenvalue weighted by atomic mass is 10.5. The van der Waals surface area contributed by atoms with Crippen LogP contribution < -0.4 is 10.6 Å². The molecule has 0 bridgehead atoms. The first-order valence-corrected chi connectivity index (χ1v) is 5.64. The molecular weight excluding hydrogens is 218 g/mol. The van der Waals surface area contributed by atoms with Gasteiger partial charge >= 0.3 is 0 Å². The van der Waals surface area contributed by atoms with E-state index in [1.54, 1.807) is 11.3 Å². The largest absolute Gasteiger partial charge is 0.367 e. The average Bonchev–Trinajstić information content (AvgIpc) is 2.75. The minimum Gasteiger partial charge on any atom is -0.367 e. The first-order valence-electron chi connectivity index (χ1n) is 3.93. The third-order valence-corrected chi connectivity index (χ3v) is 3.12. The zero-order valence-electron chi connectivity index (χ0n) is 7.54. The maximum absolute atomic E-state index is 5.44. The molecular formula is C7H9N5S2. The van der Waals surface area contributed by atoms with Gasteiger partial charge in [-0.05, 0) is 0 Å². The molecule has 0 aliphatic heterocycles. The van der Waals surface area contributed by atoms with Crippen molar-refractivity contribution in [2.45, 2.75) is 6.54 Å². The van der Waals surface area contributed by atoms with Gasteiger partial charge < -0.3 is 10.6 Å². The molecule has 14 heavy (non-hydrogen) atoms. The third-order valence-electron chi connectivity index (χ3n) is 1.64. The highest BCUT2D eigenvalue weighted by Crippen LogP contribution is 2.18. The summed E-state index contributed by atoms with van der Waals surface area (Å²) in [7, 11) is 1.94. The SMILES string of the molecule is CN(Cc1cscn1)c1nc(N)ns1. The van der Waals surface area contributed by atoms with Gasteiger partial charge in [-0.1, -0.05) is 0 Å². The van der Waals surface area contributed by atoms with Gasteiger partial charge in [-0.3, -0.25) is 0 Å². The fourth-order valence-electron chi connectivity index (χ4n) is 1.01. The third kappa shape index (κ3) is 1.99. The Kier molecular flexibility index (Phi) is 2.60. The molecule has 0 atom stereocenters. The first-order chi connectivity index (χ1) is 6.75. The van der Waals surface area contributed by atoms with Gasteiger partial charge in [0, 0.05) is 24.0 Å². The minimum atomic E-state index is 0.329. The van der Waals surface area contributed by atoms with E-state index in [9.17, 15) is 0 Å². The van der Waals surface area contributed by atoms with E-state index in [4.69, 9.17) is 5.73 Å². The highest BCUT2D eigenvalue weighted by molar-refractivity contribution is 7.09. The molecule has 0 saturated carbocycles. The summed E-state index contributed by atoms with van der Waals surface area (Å²) in [4.78, 5) is 10.2. The lowest BCUT2D eigenvalue weighted by molar-refractivity contribution is 0.889. The summed E-state index contributed by atoms with van der Waals surface area (Å²) < 4.78 is 3.92. The Morgan fingerprint density at radius 1 is 1.57 bits per heavy atom. The van der Waals surface area contributed by atoms with Crippen LogP contribution in [0.3, 0.4) is 0 Å². The molecule has 7 heteroatoms.